The van der Waals surface area contributed by atoms with Crippen molar-refractivity contribution in [3.05, 3.63) is 24.3 Å². The first-order chi connectivity index (χ1) is 9.13. The second-order valence-corrected chi connectivity index (χ2v) is 5.56. The lowest BCUT2D eigenvalue weighted by atomic mass is 10.1. The molecule has 1 fully saturated rings. The highest BCUT2D eigenvalue weighted by atomic mass is 15.2. The van der Waals surface area contributed by atoms with Crippen LogP contribution in [0.5, 0.6) is 0 Å². The number of nitrogens with zero attached hydrogens (tertiary/aromatic N) is 2. The molecular weight excluding hydrogens is 234 g/mol. The summed E-state index contributed by atoms with van der Waals surface area (Å²) in [4.78, 5) is 4.87. The summed E-state index contributed by atoms with van der Waals surface area (Å²) in [5.74, 6) is 0. The van der Waals surface area contributed by atoms with E-state index < -0.39 is 0 Å². The predicted octanol–water partition coefficient (Wildman–Crippen LogP) is 2.72. The Balaban J connectivity index is 2.09. The fraction of sp³-hybridized carbons (Fsp3) is 0.625. The van der Waals surface area contributed by atoms with Gasteiger partial charge in [-0.05, 0) is 52.0 Å². The smallest absolute Gasteiger partial charge is 0.0368 e. The molecule has 0 spiro atoms. The molecule has 0 radical (unpaired) electrons. The third-order valence-corrected chi connectivity index (χ3v) is 3.90. The van der Waals surface area contributed by atoms with Crippen LogP contribution in [-0.4, -0.2) is 38.3 Å². The Morgan fingerprint density at radius 1 is 1.05 bits per heavy atom. The second kappa shape index (κ2) is 6.29. The van der Waals surface area contributed by atoms with Gasteiger partial charge in [-0.2, -0.15) is 0 Å². The number of piperazine rings is 1. The molecule has 2 unspecified atom stereocenters. The van der Waals surface area contributed by atoms with Gasteiger partial charge in [-0.1, -0.05) is 0 Å². The van der Waals surface area contributed by atoms with Gasteiger partial charge in [0.15, 0.2) is 0 Å². The molecule has 3 nitrogen and oxygen atoms in total. The van der Waals surface area contributed by atoms with Crippen LogP contribution in [-0.2, 0) is 0 Å². The number of benzene rings is 1. The number of anilines is 2. The number of rotatable bonds is 4. The number of hydrogen-bond donors (Lipinski definition) is 1. The van der Waals surface area contributed by atoms with E-state index in [0.717, 1.165) is 26.2 Å². The summed E-state index contributed by atoms with van der Waals surface area (Å²) >= 11 is 0. The summed E-state index contributed by atoms with van der Waals surface area (Å²) in [7, 11) is 0. The van der Waals surface area contributed by atoms with Gasteiger partial charge in [0, 0.05) is 49.6 Å². The van der Waals surface area contributed by atoms with E-state index in [2.05, 4.69) is 67.1 Å². The Morgan fingerprint density at radius 2 is 1.58 bits per heavy atom. The Hall–Kier alpha value is -1.22. The van der Waals surface area contributed by atoms with Crippen LogP contribution in [0.4, 0.5) is 11.4 Å². The highest BCUT2D eigenvalue weighted by molar-refractivity contribution is 5.56. The van der Waals surface area contributed by atoms with Crippen LogP contribution >= 0.6 is 0 Å². The molecule has 106 valence electrons. The Bertz CT molecular complexity index is 373. The van der Waals surface area contributed by atoms with Crippen LogP contribution in [0.2, 0.25) is 0 Å². The van der Waals surface area contributed by atoms with Crippen molar-refractivity contribution in [2.24, 2.45) is 0 Å². The lowest BCUT2D eigenvalue weighted by Crippen LogP contribution is -2.54. The van der Waals surface area contributed by atoms with Gasteiger partial charge in [0.2, 0.25) is 0 Å². The third kappa shape index (κ3) is 3.41. The maximum Gasteiger partial charge on any atom is 0.0368 e. The molecule has 1 saturated heterocycles. The van der Waals surface area contributed by atoms with Crippen LogP contribution < -0.4 is 15.1 Å². The molecule has 1 aliphatic rings. The average molecular weight is 261 g/mol. The van der Waals surface area contributed by atoms with E-state index in [4.69, 9.17) is 0 Å². The van der Waals surface area contributed by atoms with Crippen LogP contribution in [0.15, 0.2) is 24.3 Å². The zero-order valence-electron chi connectivity index (χ0n) is 12.7. The van der Waals surface area contributed by atoms with Gasteiger partial charge in [0.25, 0.3) is 0 Å². The van der Waals surface area contributed by atoms with Gasteiger partial charge in [-0.15, -0.1) is 0 Å². The highest BCUT2D eigenvalue weighted by Gasteiger charge is 2.20. The quantitative estimate of drug-likeness (QED) is 0.899. The molecule has 0 aliphatic carbocycles. The van der Waals surface area contributed by atoms with Crippen molar-refractivity contribution in [3.63, 3.8) is 0 Å². The van der Waals surface area contributed by atoms with E-state index in [9.17, 15) is 0 Å². The van der Waals surface area contributed by atoms with E-state index in [0.29, 0.717) is 12.1 Å². The fourth-order valence-electron chi connectivity index (χ4n) is 3.00. The largest absolute Gasteiger partial charge is 0.372 e. The van der Waals surface area contributed by atoms with E-state index in [1.54, 1.807) is 0 Å². The van der Waals surface area contributed by atoms with E-state index in [1.165, 1.54) is 11.4 Å². The average Bonchev–Trinajstić information content (AvgIpc) is 2.40. The van der Waals surface area contributed by atoms with Crippen LogP contribution in [0.3, 0.4) is 0 Å². The van der Waals surface area contributed by atoms with E-state index >= 15 is 0 Å². The molecule has 0 saturated carbocycles. The molecule has 0 aromatic heterocycles. The molecule has 0 bridgehead atoms. The molecule has 1 N–H and O–H groups in total. The molecule has 1 aliphatic heterocycles. The van der Waals surface area contributed by atoms with E-state index in [-0.39, 0.29) is 0 Å². The second-order valence-electron chi connectivity index (χ2n) is 5.56. The lowest BCUT2D eigenvalue weighted by molar-refractivity contribution is 0.407. The zero-order chi connectivity index (χ0) is 13.8. The first-order valence-corrected chi connectivity index (χ1v) is 7.50. The standard InChI is InChI=1S/C16H27N3/c1-5-18(6-2)15-7-9-16(10-8-15)19-11-13(3)17-14(4)12-19/h7-10,13-14,17H,5-6,11-12H2,1-4H3. The molecule has 19 heavy (non-hydrogen) atoms. The maximum atomic E-state index is 3.58. The summed E-state index contributed by atoms with van der Waals surface area (Å²) in [6.07, 6.45) is 0. The lowest BCUT2D eigenvalue weighted by Gasteiger charge is -2.37. The van der Waals surface area contributed by atoms with Crippen molar-refractivity contribution < 1.29 is 0 Å². The number of nitrogens with one attached hydrogen (secondary N) is 1. The van der Waals surface area contributed by atoms with Gasteiger partial charge in [0.1, 0.15) is 0 Å². The van der Waals surface area contributed by atoms with Crippen molar-refractivity contribution in [1.29, 1.82) is 0 Å². The summed E-state index contributed by atoms with van der Waals surface area (Å²) in [6, 6.07) is 10.1. The van der Waals surface area contributed by atoms with Gasteiger partial charge >= 0.3 is 0 Å². The Kier molecular flexibility index (Phi) is 4.70. The van der Waals surface area contributed by atoms with Crippen molar-refractivity contribution >= 4 is 11.4 Å². The van der Waals surface area contributed by atoms with Gasteiger partial charge < -0.3 is 15.1 Å². The molecule has 1 aromatic carbocycles. The first kappa shape index (κ1) is 14.2. The summed E-state index contributed by atoms with van der Waals surface area (Å²) in [6.45, 7) is 13.2. The fourth-order valence-corrected chi connectivity index (χ4v) is 3.00. The van der Waals surface area contributed by atoms with Crippen LogP contribution in [0.1, 0.15) is 27.7 Å². The summed E-state index contributed by atoms with van der Waals surface area (Å²) < 4.78 is 0. The Labute approximate surface area is 117 Å². The van der Waals surface area contributed by atoms with Crippen molar-refractivity contribution in [3.8, 4) is 0 Å². The molecule has 1 heterocycles. The molecule has 3 heteroatoms. The van der Waals surface area contributed by atoms with Crippen LogP contribution in [0, 0.1) is 0 Å². The van der Waals surface area contributed by atoms with Gasteiger partial charge in [-0.3, -0.25) is 0 Å². The number of hydrogen-bond acceptors (Lipinski definition) is 3. The minimum absolute atomic E-state index is 0.561. The minimum atomic E-state index is 0.561. The van der Waals surface area contributed by atoms with Crippen molar-refractivity contribution in [1.82, 2.24) is 5.32 Å². The minimum Gasteiger partial charge on any atom is -0.372 e. The summed E-state index contributed by atoms with van der Waals surface area (Å²) in [5.41, 5.74) is 2.67. The Morgan fingerprint density at radius 3 is 2.05 bits per heavy atom. The van der Waals surface area contributed by atoms with Crippen molar-refractivity contribution in [2.75, 3.05) is 36.0 Å². The van der Waals surface area contributed by atoms with Crippen LogP contribution in [0.25, 0.3) is 0 Å². The first-order valence-electron chi connectivity index (χ1n) is 7.50. The maximum absolute atomic E-state index is 3.58. The molecule has 1 aromatic rings. The third-order valence-electron chi connectivity index (χ3n) is 3.90. The molecule has 0 amide bonds. The van der Waals surface area contributed by atoms with E-state index in [1.807, 2.05) is 0 Å². The van der Waals surface area contributed by atoms with Gasteiger partial charge in [0.05, 0.1) is 0 Å². The van der Waals surface area contributed by atoms with Crippen molar-refractivity contribution in [2.45, 2.75) is 39.8 Å². The predicted molar refractivity (Wildman–Crippen MR) is 84.3 cm³/mol. The SMILES string of the molecule is CCN(CC)c1ccc(N2CC(C)NC(C)C2)cc1. The summed E-state index contributed by atoms with van der Waals surface area (Å²) in [5, 5.41) is 3.58. The zero-order valence-corrected chi connectivity index (χ0v) is 12.7. The molecule has 2 atom stereocenters. The highest BCUT2D eigenvalue weighted by Crippen LogP contribution is 2.22. The monoisotopic (exact) mass is 261 g/mol. The normalized spacial score (nSPS) is 23.5. The topological polar surface area (TPSA) is 18.5 Å². The molecule has 2 rings (SSSR count). The van der Waals surface area contributed by atoms with Gasteiger partial charge in [-0.25, -0.2) is 0 Å². The molecular formula is C16H27N3.